The molecule has 3 aromatic rings. The normalized spacial score (nSPS) is 16.4. The third-order valence-corrected chi connectivity index (χ3v) is 8.13. The number of phenolic OH excluding ortho intramolecular Hbond substituents is 2. The lowest BCUT2D eigenvalue weighted by Crippen LogP contribution is -2.28. The molecule has 2 unspecified atom stereocenters. The van der Waals surface area contributed by atoms with Crippen molar-refractivity contribution in [2.75, 3.05) is 27.9 Å². The van der Waals surface area contributed by atoms with Gasteiger partial charge in [-0.3, -0.25) is 9.59 Å². The Morgan fingerprint density at radius 3 is 2.47 bits per heavy atom. The van der Waals surface area contributed by atoms with E-state index >= 15 is 0 Å². The first-order valence-electron chi connectivity index (χ1n) is 15.7. The minimum Gasteiger partial charge on any atom is -0.507 e. The van der Waals surface area contributed by atoms with Gasteiger partial charge in [0, 0.05) is 56.2 Å². The Kier molecular flexibility index (Phi) is 12.3. The van der Waals surface area contributed by atoms with Crippen molar-refractivity contribution in [2.45, 2.75) is 70.4 Å². The third kappa shape index (κ3) is 8.84. The second-order valence-electron chi connectivity index (χ2n) is 11.4. The van der Waals surface area contributed by atoms with Gasteiger partial charge in [-0.05, 0) is 61.9 Å². The average molecular weight is 650 g/mol. The number of carbonyl (C=O) groups is 3. The maximum atomic E-state index is 13.6. The highest BCUT2D eigenvalue weighted by Crippen LogP contribution is 2.47. The number of ketones is 1. The predicted molar refractivity (Wildman–Crippen MR) is 174 cm³/mol. The predicted octanol–water partition coefficient (Wildman–Crippen LogP) is 5.14. The number of carbonyl (C=O) groups excluding carboxylic acids is 3. The lowest BCUT2D eigenvalue weighted by Gasteiger charge is -2.24. The number of hydrogen-bond acceptors (Lipinski definition) is 10. The quantitative estimate of drug-likeness (QED) is 0.251. The van der Waals surface area contributed by atoms with Gasteiger partial charge in [0.15, 0.2) is 11.5 Å². The fraction of sp³-hybridized carbons (Fsp3) is 0.429. The van der Waals surface area contributed by atoms with Gasteiger partial charge in [0.25, 0.3) is 0 Å². The van der Waals surface area contributed by atoms with E-state index in [9.17, 15) is 24.6 Å². The first-order valence-corrected chi connectivity index (χ1v) is 15.7. The number of phenols is 2. The van der Waals surface area contributed by atoms with Crippen LogP contribution in [0.15, 0.2) is 43.0 Å². The topological polar surface area (TPSA) is 158 Å². The van der Waals surface area contributed by atoms with Crippen LogP contribution in [0.1, 0.15) is 84.8 Å². The fourth-order valence-electron chi connectivity index (χ4n) is 5.71. The van der Waals surface area contributed by atoms with E-state index in [4.69, 9.17) is 18.9 Å². The highest BCUT2D eigenvalue weighted by molar-refractivity contribution is 5.98. The number of Topliss-reactive ketones (excluding diaryl/α,β-unsaturated/α-hetero) is 1. The Morgan fingerprint density at radius 1 is 1.09 bits per heavy atom. The molecule has 0 fully saturated rings. The molecule has 0 saturated carbocycles. The number of hydrogen-bond donors (Lipinski definition) is 3. The van der Waals surface area contributed by atoms with Crippen molar-refractivity contribution >= 4 is 23.7 Å². The lowest BCUT2D eigenvalue weighted by atomic mass is 9.84. The summed E-state index contributed by atoms with van der Waals surface area (Å²) in [5, 5.41) is 26.2. The molecule has 47 heavy (non-hydrogen) atoms. The Labute approximate surface area is 274 Å². The van der Waals surface area contributed by atoms with Crippen LogP contribution in [0.3, 0.4) is 0 Å². The molecule has 1 amide bonds. The number of amides is 1. The van der Waals surface area contributed by atoms with Gasteiger partial charge < -0.3 is 39.0 Å². The van der Waals surface area contributed by atoms with Crippen LogP contribution in [0.5, 0.6) is 28.7 Å². The number of aromatic hydroxyl groups is 2. The molecule has 252 valence electrons. The summed E-state index contributed by atoms with van der Waals surface area (Å²) in [4.78, 5) is 43.2. The molecule has 0 bridgehead atoms. The number of ether oxygens (including phenoxy) is 4. The van der Waals surface area contributed by atoms with Gasteiger partial charge in [0.05, 0.1) is 33.8 Å². The van der Waals surface area contributed by atoms with Crippen LogP contribution >= 0.6 is 0 Å². The number of imidazole rings is 1. The zero-order valence-corrected chi connectivity index (χ0v) is 27.3. The van der Waals surface area contributed by atoms with Gasteiger partial charge in [0.1, 0.15) is 22.8 Å². The molecule has 0 spiro atoms. The number of nitrogens with zero attached hydrogens (tertiary/aromatic N) is 2. The Morgan fingerprint density at radius 2 is 1.81 bits per heavy atom. The van der Waals surface area contributed by atoms with Crippen LogP contribution in [0.25, 0.3) is 6.08 Å². The Bertz CT molecular complexity index is 1560. The van der Waals surface area contributed by atoms with Crippen LogP contribution in [0.4, 0.5) is 0 Å². The number of allylic oxidation sites excluding steroid dienone is 1. The summed E-state index contributed by atoms with van der Waals surface area (Å²) in [6, 6.07) is 4.65. The number of cyclic esters (lactones) is 1. The minimum absolute atomic E-state index is 0.0347. The van der Waals surface area contributed by atoms with E-state index in [0.717, 1.165) is 0 Å². The monoisotopic (exact) mass is 649 g/mol. The summed E-state index contributed by atoms with van der Waals surface area (Å²) in [5.41, 5.74) is 0.537. The summed E-state index contributed by atoms with van der Waals surface area (Å²) in [6.07, 6.45) is 10.8. The van der Waals surface area contributed by atoms with E-state index in [1.54, 1.807) is 49.9 Å². The van der Waals surface area contributed by atoms with Crippen molar-refractivity contribution in [1.82, 2.24) is 14.9 Å². The number of aromatic nitrogens is 2. The minimum atomic E-state index is -0.962. The summed E-state index contributed by atoms with van der Waals surface area (Å²) in [7, 11) is 4.38. The molecule has 1 aliphatic heterocycles. The molecular weight excluding hydrogens is 606 g/mol. The van der Waals surface area contributed by atoms with E-state index in [2.05, 4.69) is 10.3 Å². The van der Waals surface area contributed by atoms with Crippen LogP contribution in [-0.4, -0.2) is 71.4 Å². The third-order valence-electron chi connectivity index (χ3n) is 8.13. The number of fused-ring (bicyclic) bond motifs is 1. The van der Waals surface area contributed by atoms with Gasteiger partial charge >= 0.3 is 5.97 Å². The van der Waals surface area contributed by atoms with Crippen molar-refractivity contribution in [3.63, 3.8) is 0 Å². The number of methoxy groups -OCH3 is 3. The molecule has 0 saturated heterocycles. The number of benzene rings is 2. The van der Waals surface area contributed by atoms with Gasteiger partial charge in [0.2, 0.25) is 11.7 Å². The molecule has 2 aromatic carbocycles. The van der Waals surface area contributed by atoms with Crippen molar-refractivity contribution in [2.24, 2.45) is 0 Å². The van der Waals surface area contributed by atoms with Gasteiger partial charge in [-0.1, -0.05) is 12.2 Å². The number of nitrogens with one attached hydrogen (secondary N) is 1. The molecule has 3 N–H and O–H groups in total. The molecule has 4 rings (SSSR count). The van der Waals surface area contributed by atoms with E-state index in [0.29, 0.717) is 74.4 Å². The van der Waals surface area contributed by atoms with Crippen molar-refractivity contribution < 1.29 is 43.5 Å². The van der Waals surface area contributed by atoms with E-state index in [1.807, 2.05) is 4.57 Å². The van der Waals surface area contributed by atoms with Gasteiger partial charge in [-0.25, -0.2) is 9.78 Å². The molecule has 1 aliphatic rings. The summed E-state index contributed by atoms with van der Waals surface area (Å²) in [6.45, 7) is 2.52. The number of rotatable bonds is 10. The Balaban J connectivity index is 1.81. The van der Waals surface area contributed by atoms with Crippen LogP contribution in [0.2, 0.25) is 0 Å². The average Bonchev–Trinajstić information content (AvgIpc) is 3.56. The summed E-state index contributed by atoms with van der Waals surface area (Å²) >= 11 is 0. The van der Waals surface area contributed by atoms with Crippen LogP contribution in [-0.2, 0) is 20.9 Å². The largest absolute Gasteiger partial charge is 0.507 e. The van der Waals surface area contributed by atoms with E-state index in [-0.39, 0.29) is 40.6 Å². The molecule has 0 radical (unpaired) electrons. The molecule has 0 aliphatic carbocycles. The lowest BCUT2D eigenvalue weighted by molar-refractivity contribution is -0.121. The highest BCUT2D eigenvalue weighted by atomic mass is 16.5. The van der Waals surface area contributed by atoms with Crippen molar-refractivity contribution in [1.29, 1.82) is 0 Å². The number of esters is 1. The molecule has 1 aromatic heterocycles. The fourth-order valence-corrected chi connectivity index (χ4v) is 5.71. The highest BCUT2D eigenvalue weighted by Gasteiger charge is 2.32. The molecule has 2 atom stereocenters. The molecule has 2 heterocycles. The maximum absolute atomic E-state index is 13.6. The second kappa shape index (κ2) is 16.5. The first kappa shape index (κ1) is 34.9. The van der Waals surface area contributed by atoms with Gasteiger partial charge in [-0.15, -0.1) is 0 Å². The van der Waals surface area contributed by atoms with Crippen LogP contribution in [0, 0.1) is 0 Å². The summed E-state index contributed by atoms with van der Waals surface area (Å²) < 4.78 is 24.1. The van der Waals surface area contributed by atoms with E-state index in [1.165, 1.54) is 27.4 Å². The van der Waals surface area contributed by atoms with Crippen molar-refractivity contribution in [3.8, 4) is 28.7 Å². The maximum Gasteiger partial charge on any atom is 0.342 e. The molecular formula is C35H43N3O9. The SMILES string of the molecule is COc1cc(C(CC(=O)NCCn2ccnc2)c2c(O)cc3c(c2O)C(=O)OC(C)CCCC(=O)CCCC=C3)cc(OC)c1OC. The van der Waals surface area contributed by atoms with Gasteiger partial charge in [-0.2, -0.15) is 0 Å². The smallest absolute Gasteiger partial charge is 0.342 e. The molecule has 12 heteroatoms. The van der Waals surface area contributed by atoms with Crippen LogP contribution < -0.4 is 19.5 Å². The first-order chi connectivity index (χ1) is 22.7. The standard InChI is InChI=1S/C35H43N3O9/c1-22-9-8-12-25(39)11-7-5-6-10-23-17-27(40)32(33(42)31(23)35(43)47-22)26(20-30(41)37-14-16-38-15-13-36-21-38)24-18-28(44-2)34(46-4)29(19-24)45-3/h6,10,13,15,17-19,21-22,26,40,42H,5,7-9,11-12,14,16,20H2,1-4H3,(H,37,41). The second-order valence-corrected chi connectivity index (χ2v) is 11.4. The molecule has 12 nitrogen and oxygen atoms in total. The van der Waals surface area contributed by atoms with Crippen molar-refractivity contribution in [3.05, 3.63) is 65.2 Å². The zero-order valence-electron chi connectivity index (χ0n) is 27.3. The zero-order chi connectivity index (χ0) is 33.9. The summed E-state index contributed by atoms with van der Waals surface area (Å²) in [5.74, 6) is -1.85. The Hall–Kier alpha value is -5.00. The van der Waals surface area contributed by atoms with E-state index < -0.39 is 23.7 Å².